The van der Waals surface area contributed by atoms with E-state index in [1.54, 1.807) is 6.07 Å². The molecule has 2 rings (SSSR count). The summed E-state index contributed by atoms with van der Waals surface area (Å²) in [7, 11) is 0. The lowest BCUT2D eigenvalue weighted by Gasteiger charge is -2.05. The van der Waals surface area contributed by atoms with E-state index < -0.39 is 0 Å². The highest BCUT2D eigenvalue weighted by molar-refractivity contribution is 6.33. The highest BCUT2D eigenvalue weighted by Gasteiger charge is 2.07. The maximum atomic E-state index is 11.5. The average Bonchev–Trinajstić information content (AvgIpc) is 2.92. The fraction of sp³-hybridized carbons (Fsp3) is 0.286. The second kappa shape index (κ2) is 6.95. The van der Waals surface area contributed by atoms with Crippen LogP contribution in [0.4, 0.5) is 0 Å². The highest BCUT2D eigenvalue weighted by Crippen LogP contribution is 2.17. The van der Waals surface area contributed by atoms with Gasteiger partial charge in [0.25, 0.3) is 5.91 Å². The number of hydrazone groups is 1. The molecule has 100 valence electrons. The van der Waals surface area contributed by atoms with Crippen LogP contribution < -0.4 is 5.43 Å². The maximum Gasteiger partial charge on any atom is 0.277 e. The molecule has 0 saturated heterocycles. The van der Waals surface area contributed by atoms with Crippen LogP contribution in [0.25, 0.3) is 0 Å². The lowest BCUT2D eigenvalue weighted by atomic mass is 10.2. The summed E-state index contributed by atoms with van der Waals surface area (Å²) >= 11 is 5.95. The minimum absolute atomic E-state index is 0.00824. The second-order valence-electron chi connectivity index (χ2n) is 4.17. The number of benzene rings is 1. The Bertz CT molecular complexity index is 512. The van der Waals surface area contributed by atoms with Gasteiger partial charge in [0.05, 0.1) is 12.0 Å². The van der Waals surface area contributed by atoms with Crippen molar-refractivity contribution in [2.45, 2.75) is 19.3 Å². The van der Waals surface area contributed by atoms with Crippen molar-refractivity contribution < 1.29 is 9.53 Å². The highest BCUT2D eigenvalue weighted by atomic mass is 35.5. The van der Waals surface area contributed by atoms with E-state index in [-0.39, 0.29) is 12.5 Å². The van der Waals surface area contributed by atoms with Crippen LogP contribution in [-0.2, 0) is 9.53 Å². The van der Waals surface area contributed by atoms with Crippen LogP contribution in [0.5, 0.6) is 0 Å². The fourth-order valence-corrected chi connectivity index (χ4v) is 1.90. The van der Waals surface area contributed by atoms with E-state index in [2.05, 4.69) is 10.5 Å². The molecule has 0 atom stereocenters. The predicted molar refractivity (Wildman–Crippen MR) is 75.1 cm³/mol. The second-order valence-corrected chi connectivity index (χ2v) is 4.57. The van der Waals surface area contributed by atoms with E-state index >= 15 is 0 Å². The van der Waals surface area contributed by atoms with Gasteiger partial charge in [0, 0.05) is 17.0 Å². The minimum atomic E-state index is -0.281. The number of nitrogens with one attached hydrogen (secondary N) is 1. The molecule has 0 saturated carbocycles. The molecule has 1 amide bonds. The van der Waals surface area contributed by atoms with Crippen molar-refractivity contribution in [1.82, 2.24) is 5.43 Å². The maximum absolute atomic E-state index is 11.5. The van der Waals surface area contributed by atoms with Crippen molar-refractivity contribution in [3.8, 4) is 0 Å². The van der Waals surface area contributed by atoms with Crippen molar-refractivity contribution in [2.75, 3.05) is 6.61 Å². The molecule has 0 aliphatic heterocycles. The third-order valence-corrected chi connectivity index (χ3v) is 3.03. The van der Waals surface area contributed by atoms with Gasteiger partial charge >= 0.3 is 0 Å². The number of rotatable bonds is 5. The monoisotopic (exact) mass is 278 g/mol. The molecule has 0 bridgehead atoms. The molecule has 0 unspecified atom stereocenters. The third kappa shape index (κ3) is 4.41. The van der Waals surface area contributed by atoms with Gasteiger partial charge in [-0.3, -0.25) is 4.79 Å². The van der Waals surface area contributed by atoms with E-state index in [0.29, 0.717) is 5.02 Å². The molecule has 1 aliphatic rings. The Labute approximate surface area is 117 Å². The van der Waals surface area contributed by atoms with Crippen LogP contribution in [-0.4, -0.2) is 18.7 Å². The summed E-state index contributed by atoms with van der Waals surface area (Å²) in [5.74, 6) is 0.612. The molecular formula is C14H15ClN2O2. The third-order valence-electron chi connectivity index (χ3n) is 2.69. The molecule has 1 aromatic rings. The quantitative estimate of drug-likeness (QED) is 0.665. The molecule has 1 aliphatic carbocycles. The molecule has 0 spiro atoms. The Balaban J connectivity index is 1.75. The number of hydrogen-bond acceptors (Lipinski definition) is 3. The fourth-order valence-electron chi connectivity index (χ4n) is 1.72. The van der Waals surface area contributed by atoms with Gasteiger partial charge in [-0.25, -0.2) is 5.43 Å². The van der Waals surface area contributed by atoms with Gasteiger partial charge in [-0.05, 0) is 25.0 Å². The standard InChI is InChI=1S/C14H15ClN2O2/c15-13-8-4-1-5-11(13)9-16-17-14(18)10-19-12-6-2-3-7-12/h1,4-6,8-9H,2-3,7,10H2,(H,17,18). The van der Waals surface area contributed by atoms with Crippen molar-refractivity contribution in [3.05, 3.63) is 46.7 Å². The lowest BCUT2D eigenvalue weighted by Crippen LogP contribution is -2.22. The van der Waals surface area contributed by atoms with Crippen LogP contribution in [0.3, 0.4) is 0 Å². The number of hydrogen-bond donors (Lipinski definition) is 1. The summed E-state index contributed by atoms with van der Waals surface area (Å²) in [6, 6.07) is 7.27. The molecular weight excluding hydrogens is 264 g/mol. The smallest absolute Gasteiger partial charge is 0.277 e. The molecule has 5 heteroatoms. The van der Waals surface area contributed by atoms with Gasteiger partial charge in [-0.15, -0.1) is 0 Å². The number of allylic oxidation sites excluding steroid dienone is 2. The molecule has 19 heavy (non-hydrogen) atoms. The average molecular weight is 279 g/mol. The van der Waals surface area contributed by atoms with Crippen molar-refractivity contribution in [2.24, 2.45) is 5.10 Å². The first-order valence-electron chi connectivity index (χ1n) is 6.14. The number of amides is 1. The van der Waals surface area contributed by atoms with Gasteiger partial charge in [-0.2, -0.15) is 5.10 Å². The Morgan fingerprint density at radius 3 is 3.05 bits per heavy atom. The summed E-state index contributed by atoms with van der Waals surface area (Å²) < 4.78 is 5.34. The van der Waals surface area contributed by atoms with Gasteiger partial charge in [0.15, 0.2) is 6.61 Å². The molecule has 1 N–H and O–H groups in total. The van der Waals surface area contributed by atoms with E-state index in [1.165, 1.54) is 6.21 Å². The van der Waals surface area contributed by atoms with Gasteiger partial charge < -0.3 is 4.74 Å². The number of carbonyl (C=O) groups is 1. The SMILES string of the molecule is O=C(COC1=CCCC1)NN=Cc1ccccc1Cl. The van der Waals surface area contributed by atoms with Crippen LogP contribution >= 0.6 is 11.6 Å². The van der Waals surface area contributed by atoms with E-state index in [0.717, 1.165) is 30.6 Å². The first-order chi connectivity index (χ1) is 9.25. The van der Waals surface area contributed by atoms with Crippen molar-refractivity contribution >= 4 is 23.7 Å². The molecule has 0 radical (unpaired) electrons. The molecule has 0 fully saturated rings. The lowest BCUT2D eigenvalue weighted by molar-refractivity contribution is -0.124. The van der Waals surface area contributed by atoms with Crippen LogP contribution in [0, 0.1) is 0 Å². The molecule has 1 aromatic carbocycles. The van der Waals surface area contributed by atoms with Gasteiger partial charge in [0.1, 0.15) is 0 Å². The summed E-state index contributed by atoms with van der Waals surface area (Å²) in [6.45, 7) is -0.00824. The van der Waals surface area contributed by atoms with E-state index in [9.17, 15) is 4.79 Å². The number of carbonyl (C=O) groups excluding carboxylic acids is 1. The number of halogens is 1. The first-order valence-corrected chi connectivity index (χ1v) is 6.52. The predicted octanol–water partition coefficient (Wildman–Crippen LogP) is 2.87. The Morgan fingerprint density at radius 1 is 1.47 bits per heavy atom. The van der Waals surface area contributed by atoms with Gasteiger partial charge in [0.2, 0.25) is 0 Å². The van der Waals surface area contributed by atoms with Gasteiger partial charge in [-0.1, -0.05) is 29.8 Å². The van der Waals surface area contributed by atoms with Crippen molar-refractivity contribution in [3.63, 3.8) is 0 Å². The van der Waals surface area contributed by atoms with Crippen molar-refractivity contribution in [1.29, 1.82) is 0 Å². The Morgan fingerprint density at radius 2 is 2.32 bits per heavy atom. The normalized spacial score (nSPS) is 14.5. The number of ether oxygens (including phenoxy) is 1. The van der Waals surface area contributed by atoms with Crippen LogP contribution in [0.15, 0.2) is 41.2 Å². The zero-order valence-electron chi connectivity index (χ0n) is 10.4. The molecule has 4 nitrogen and oxygen atoms in total. The summed E-state index contributed by atoms with van der Waals surface area (Å²) in [5, 5.41) is 4.43. The van der Waals surface area contributed by atoms with E-state index in [1.807, 2.05) is 24.3 Å². The Hall–Kier alpha value is -1.81. The van der Waals surface area contributed by atoms with Crippen LogP contribution in [0.1, 0.15) is 24.8 Å². The summed E-state index contributed by atoms with van der Waals surface area (Å²) in [5.41, 5.74) is 3.16. The molecule has 0 aromatic heterocycles. The first kappa shape index (κ1) is 13.6. The Kier molecular flexibility index (Phi) is 4.98. The minimum Gasteiger partial charge on any atom is -0.488 e. The zero-order chi connectivity index (χ0) is 13.5. The summed E-state index contributed by atoms with van der Waals surface area (Å²) in [4.78, 5) is 11.5. The number of nitrogens with zero attached hydrogens (tertiary/aromatic N) is 1. The van der Waals surface area contributed by atoms with E-state index in [4.69, 9.17) is 16.3 Å². The largest absolute Gasteiger partial charge is 0.488 e. The van der Waals surface area contributed by atoms with Crippen LogP contribution in [0.2, 0.25) is 5.02 Å². The summed E-state index contributed by atoms with van der Waals surface area (Å²) in [6.07, 6.45) is 6.56. The molecule has 0 heterocycles. The topological polar surface area (TPSA) is 50.7 Å². The zero-order valence-corrected chi connectivity index (χ0v) is 11.2.